The van der Waals surface area contributed by atoms with Crippen molar-refractivity contribution in [3.05, 3.63) is 59.2 Å². The van der Waals surface area contributed by atoms with Crippen molar-refractivity contribution in [2.45, 2.75) is 32.6 Å². The molecule has 31 heavy (non-hydrogen) atoms. The number of nitrogens with one attached hydrogen (secondary N) is 1. The van der Waals surface area contributed by atoms with Gasteiger partial charge in [0.15, 0.2) is 13.2 Å². The van der Waals surface area contributed by atoms with Crippen LogP contribution < -0.4 is 10.1 Å². The van der Waals surface area contributed by atoms with Crippen LogP contribution in [0.3, 0.4) is 0 Å². The third kappa shape index (κ3) is 6.31. The fourth-order valence-electron chi connectivity index (χ4n) is 3.52. The van der Waals surface area contributed by atoms with Gasteiger partial charge in [-0.15, -0.1) is 0 Å². The summed E-state index contributed by atoms with van der Waals surface area (Å²) >= 11 is 0. The summed E-state index contributed by atoms with van der Waals surface area (Å²) in [6.45, 7) is 1.15. The molecule has 0 saturated heterocycles. The maximum absolute atomic E-state index is 12.2. The van der Waals surface area contributed by atoms with E-state index in [4.69, 9.17) is 9.47 Å². The molecule has 1 N–H and O–H groups in total. The first-order valence-electron chi connectivity index (χ1n) is 10.5. The van der Waals surface area contributed by atoms with Crippen LogP contribution in [0.5, 0.6) is 5.75 Å². The Kier molecular flexibility index (Phi) is 7.65. The Balaban J connectivity index is 1.39. The Morgan fingerprint density at radius 1 is 1.03 bits per heavy atom. The molecule has 0 heterocycles. The zero-order valence-corrected chi connectivity index (χ0v) is 18.0. The van der Waals surface area contributed by atoms with E-state index in [1.54, 1.807) is 0 Å². The second kappa shape index (κ2) is 10.6. The number of esters is 1. The number of likely N-dealkylation sites (N-methyl/N-ethyl adjacent to an activating group) is 1. The second-order valence-electron chi connectivity index (χ2n) is 7.54. The lowest BCUT2D eigenvalue weighted by atomic mass is 10.1. The molecular weight excluding hydrogens is 396 g/mol. The predicted molar refractivity (Wildman–Crippen MR) is 117 cm³/mol. The molecule has 7 nitrogen and oxygen atoms in total. The molecule has 7 heteroatoms. The molecule has 0 unspecified atom stereocenters. The third-order valence-corrected chi connectivity index (χ3v) is 5.26. The number of fused-ring (bicyclic) bond motifs is 1. The molecule has 164 valence electrons. The second-order valence-corrected chi connectivity index (χ2v) is 7.54. The van der Waals surface area contributed by atoms with Crippen molar-refractivity contribution in [2.24, 2.45) is 0 Å². The highest BCUT2D eigenvalue weighted by Crippen LogP contribution is 2.26. The fourth-order valence-corrected chi connectivity index (χ4v) is 3.52. The molecule has 2 amide bonds. The van der Waals surface area contributed by atoms with Gasteiger partial charge in [0, 0.05) is 12.7 Å². The van der Waals surface area contributed by atoms with Gasteiger partial charge in [0.2, 0.25) is 5.91 Å². The average Bonchev–Trinajstić information content (AvgIpc) is 3.24. The van der Waals surface area contributed by atoms with Crippen LogP contribution in [-0.2, 0) is 38.4 Å². The monoisotopic (exact) mass is 424 g/mol. The fraction of sp³-hybridized carbons (Fsp3) is 0.375. The maximum Gasteiger partial charge on any atom is 0.344 e. The van der Waals surface area contributed by atoms with Gasteiger partial charge in [-0.25, -0.2) is 4.79 Å². The molecule has 0 fully saturated rings. The van der Waals surface area contributed by atoms with Crippen molar-refractivity contribution in [1.29, 1.82) is 0 Å². The van der Waals surface area contributed by atoms with E-state index in [0.717, 1.165) is 36.9 Å². The van der Waals surface area contributed by atoms with E-state index in [1.807, 2.05) is 49.4 Å². The SMILES string of the molecule is CCc1ccccc1NC(=O)CN(C)C(=O)COC(=O)COc1ccc2c(c1)CCC2. The molecule has 0 saturated carbocycles. The molecule has 2 aromatic carbocycles. The minimum absolute atomic E-state index is 0.139. The van der Waals surface area contributed by atoms with Crippen LogP contribution in [0.2, 0.25) is 0 Å². The van der Waals surface area contributed by atoms with E-state index in [-0.39, 0.29) is 19.1 Å². The summed E-state index contributed by atoms with van der Waals surface area (Å²) in [5, 5.41) is 2.81. The molecule has 0 atom stereocenters. The molecule has 2 aromatic rings. The summed E-state index contributed by atoms with van der Waals surface area (Å²) in [6.07, 6.45) is 4.03. The third-order valence-electron chi connectivity index (χ3n) is 5.26. The highest BCUT2D eigenvalue weighted by molar-refractivity contribution is 5.95. The van der Waals surface area contributed by atoms with Gasteiger partial charge in [-0.2, -0.15) is 0 Å². The number of anilines is 1. The summed E-state index contributed by atoms with van der Waals surface area (Å²) < 4.78 is 10.5. The molecular formula is C24H28N2O5. The van der Waals surface area contributed by atoms with E-state index in [2.05, 4.69) is 5.32 Å². The number of carbonyl (C=O) groups excluding carboxylic acids is 3. The van der Waals surface area contributed by atoms with Crippen LogP contribution >= 0.6 is 0 Å². The minimum atomic E-state index is -0.636. The Morgan fingerprint density at radius 3 is 2.61 bits per heavy atom. The normalized spacial score (nSPS) is 12.1. The van der Waals surface area contributed by atoms with Gasteiger partial charge in [-0.05, 0) is 60.6 Å². The first-order valence-corrected chi connectivity index (χ1v) is 10.5. The van der Waals surface area contributed by atoms with E-state index >= 15 is 0 Å². The van der Waals surface area contributed by atoms with Crippen molar-refractivity contribution in [2.75, 3.05) is 32.1 Å². The number of carbonyl (C=O) groups is 3. The van der Waals surface area contributed by atoms with Crippen LogP contribution in [0.15, 0.2) is 42.5 Å². The van der Waals surface area contributed by atoms with Gasteiger partial charge in [0.05, 0.1) is 6.54 Å². The Bertz CT molecular complexity index is 957. The number of aryl methyl sites for hydroxylation is 3. The molecule has 0 bridgehead atoms. The standard InChI is InChI=1S/C24H28N2O5/c1-3-17-7-4-5-10-21(17)25-22(27)14-26(2)23(28)15-31-24(29)16-30-20-12-11-18-8-6-9-19(18)13-20/h4-5,7,10-13H,3,6,8-9,14-16H2,1-2H3,(H,25,27). The number of rotatable bonds is 9. The van der Waals surface area contributed by atoms with Crippen molar-refractivity contribution >= 4 is 23.5 Å². The summed E-state index contributed by atoms with van der Waals surface area (Å²) in [5.74, 6) is -0.804. The van der Waals surface area contributed by atoms with Crippen LogP contribution in [0, 0.1) is 0 Å². The van der Waals surface area contributed by atoms with Crippen molar-refractivity contribution in [1.82, 2.24) is 4.90 Å². The largest absolute Gasteiger partial charge is 0.482 e. The number of nitrogens with zero attached hydrogens (tertiary/aromatic N) is 1. The highest BCUT2D eigenvalue weighted by Gasteiger charge is 2.17. The van der Waals surface area contributed by atoms with Gasteiger partial charge in [0.1, 0.15) is 5.75 Å². The molecule has 1 aliphatic carbocycles. The zero-order valence-electron chi connectivity index (χ0n) is 18.0. The predicted octanol–water partition coefficient (Wildman–Crippen LogP) is 2.76. The van der Waals surface area contributed by atoms with Crippen LogP contribution in [-0.4, -0.2) is 49.5 Å². The zero-order chi connectivity index (χ0) is 22.2. The van der Waals surface area contributed by atoms with Crippen molar-refractivity contribution < 1.29 is 23.9 Å². The lowest BCUT2D eigenvalue weighted by molar-refractivity contribution is -0.153. The smallest absolute Gasteiger partial charge is 0.344 e. The molecule has 3 rings (SSSR count). The minimum Gasteiger partial charge on any atom is -0.482 e. The highest BCUT2D eigenvalue weighted by atomic mass is 16.6. The van der Waals surface area contributed by atoms with Crippen molar-refractivity contribution in [3.8, 4) is 5.75 Å². The number of hydrogen-bond donors (Lipinski definition) is 1. The molecule has 0 aliphatic heterocycles. The summed E-state index contributed by atoms with van der Waals surface area (Å²) in [7, 11) is 1.49. The topological polar surface area (TPSA) is 84.9 Å². The van der Waals surface area contributed by atoms with Gasteiger partial charge in [0.25, 0.3) is 5.91 Å². The number of amides is 2. The van der Waals surface area contributed by atoms with Gasteiger partial charge < -0.3 is 19.7 Å². The van der Waals surface area contributed by atoms with Crippen molar-refractivity contribution in [3.63, 3.8) is 0 Å². The number of hydrogen-bond acceptors (Lipinski definition) is 5. The van der Waals surface area contributed by atoms with Crippen LogP contribution in [0.1, 0.15) is 30.0 Å². The Labute approximate surface area is 182 Å². The first kappa shape index (κ1) is 22.3. The molecule has 0 spiro atoms. The number of benzene rings is 2. The average molecular weight is 424 g/mol. The Hall–Kier alpha value is -3.35. The van der Waals surface area contributed by atoms with E-state index in [9.17, 15) is 14.4 Å². The van der Waals surface area contributed by atoms with E-state index in [0.29, 0.717) is 5.75 Å². The molecule has 0 aromatic heterocycles. The number of ether oxygens (including phenoxy) is 2. The van der Waals surface area contributed by atoms with Crippen LogP contribution in [0.25, 0.3) is 0 Å². The quantitative estimate of drug-likeness (QED) is 0.626. The summed E-state index contributed by atoms with van der Waals surface area (Å²) in [4.78, 5) is 37.6. The Morgan fingerprint density at radius 2 is 1.81 bits per heavy atom. The molecule has 1 aliphatic rings. The van der Waals surface area contributed by atoms with Crippen LogP contribution in [0.4, 0.5) is 5.69 Å². The lowest BCUT2D eigenvalue weighted by Gasteiger charge is -2.17. The van der Waals surface area contributed by atoms with E-state index < -0.39 is 18.5 Å². The lowest BCUT2D eigenvalue weighted by Crippen LogP contribution is -2.37. The van der Waals surface area contributed by atoms with Gasteiger partial charge in [-0.1, -0.05) is 31.2 Å². The molecule has 0 radical (unpaired) electrons. The maximum atomic E-state index is 12.2. The van der Waals surface area contributed by atoms with Gasteiger partial charge >= 0.3 is 5.97 Å². The summed E-state index contributed by atoms with van der Waals surface area (Å²) in [5.41, 5.74) is 4.32. The first-order chi connectivity index (χ1) is 15.0. The van der Waals surface area contributed by atoms with Gasteiger partial charge in [-0.3, -0.25) is 9.59 Å². The van der Waals surface area contributed by atoms with E-state index in [1.165, 1.54) is 23.1 Å². The number of para-hydroxylation sites is 1. The summed E-state index contributed by atoms with van der Waals surface area (Å²) in [6, 6.07) is 13.3.